The molecule has 0 saturated carbocycles. The van der Waals surface area contributed by atoms with Crippen LogP contribution in [0.15, 0.2) is 24.3 Å². The molecule has 22 heavy (non-hydrogen) atoms. The molecule has 0 bridgehead atoms. The largest absolute Gasteiger partial charge is 0.481 e. The molecule has 1 fully saturated rings. The van der Waals surface area contributed by atoms with E-state index in [1.807, 2.05) is 19.1 Å². The first-order chi connectivity index (χ1) is 10.4. The van der Waals surface area contributed by atoms with Crippen LogP contribution in [0.1, 0.15) is 43.7 Å². The lowest BCUT2D eigenvalue weighted by molar-refractivity contribution is -0.147. The highest BCUT2D eigenvalue weighted by Gasteiger charge is 2.32. The number of carboxylic acid groups (broad SMARTS) is 1. The van der Waals surface area contributed by atoms with E-state index in [1.54, 1.807) is 4.90 Å². The summed E-state index contributed by atoms with van der Waals surface area (Å²) in [6, 6.07) is 8.11. The number of carboxylic acids is 1. The van der Waals surface area contributed by atoms with E-state index in [-0.39, 0.29) is 17.7 Å². The highest BCUT2D eigenvalue weighted by molar-refractivity contribution is 5.78. The molecule has 3 unspecified atom stereocenters. The van der Waals surface area contributed by atoms with Gasteiger partial charge in [0.05, 0.1) is 5.92 Å². The van der Waals surface area contributed by atoms with Crippen LogP contribution in [-0.2, 0) is 9.59 Å². The number of rotatable bonds is 4. The summed E-state index contributed by atoms with van der Waals surface area (Å²) in [5, 5.41) is 9.21. The molecule has 0 aromatic heterocycles. The number of amides is 1. The lowest BCUT2D eigenvalue weighted by Crippen LogP contribution is -2.45. The molecule has 1 heterocycles. The van der Waals surface area contributed by atoms with Crippen LogP contribution in [0.5, 0.6) is 0 Å². The molecule has 1 saturated heterocycles. The number of aryl methyl sites for hydroxylation is 1. The third-order valence-corrected chi connectivity index (χ3v) is 4.56. The van der Waals surface area contributed by atoms with Gasteiger partial charge in [0.15, 0.2) is 0 Å². The third-order valence-electron chi connectivity index (χ3n) is 4.56. The molecule has 1 N–H and O–H groups in total. The zero-order valence-corrected chi connectivity index (χ0v) is 13.6. The van der Waals surface area contributed by atoms with Crippen molar-refractivity contribution < 1.29 is 14.7 Å². The van der Waals surface area contributed by atoms with E-state index in [1.165, 1.54) is 11.1 Å². The van der Waals surface area contributed by atoms with Crippen molar-refractivity contribution in [1.82, 2.24) is 4.90 Å². The minimum absolute atomic E-state index is 0.0635. The van der Waals surface area contributed by atoms with Crippen LogP contribution in [0, 0.1) is 18.8 Å². The number of aliphatic carboxylic acids is 1. The average molecular weight is 303 g/mol. The number of hydrogen-bond donors (Lipinski definition) is 1. The maximum absolute atomic E-state index is 12.5. The lowest BCUT2D eigenvalue weighted by atomic mass is 9.89. The van der Waals surface area contributed by atoms with Crippen LogP contribution in [-0.4, -0.2) is 35.0 Å². The Bertz CT molecular complexity index is 555. The summed E-state index contributed by atoms with van der Waals surface area (Å²) in [5.41, 5.74) is 2.38. The second-order valence-corrected chi connectivity index (χ2v) is 6.64. The zero-order chi connectivity index (χ0) is 16.3. The Balaban J connectivity index is 2.02. The van der Waals surface area contributed by atoms with Crippen molar-refractivity contribution in [1.29, 1.82) is 0 Å². The van der Waals surface area contributed by atoms with Crippen molar-refractivity contribution in [2.45, 2.75) is 39.5 Å². The first-order valence-corrected chi connectivity index (χ1v) is 7.94. The van der Waals surface area contributed by atoms with E-state index in [4.69, 9.17) is 0 Å². The molecule has 4 heteroatoms. The molecule has 120 valence electrons. The number of benzene rings is 1. The van der Waals surface area contributed by atoms with Crippen LogP contribution >= 0.6 is 0 Å². The van der Waals surface area contributed by atoms with Crippen LogP contribution in [0.3, 0.4) is 0 Å². The minimum Gasteiger partial charge on any atom is -0.481 e. The Morgan fingerprint density at radius 3 is 2.64 bits per heavy atom. The fraction of sp³-hybridized carbons (Fsp3) is 0.556. The van der Waals surface area contributed by atoms with Gasteiger partial charge in [0.2, 0.25) is 5.91 Å². The molecule has 1 aromatic carbocycles. The van der Waals surface area contributed by atoms with Gasteiger partial charge in [0.25, 0.3) is 0 Å². The lowest BCUT2D eigenvalue weighted by Gasteiger charge is -2.35. The molecule has 1 aliphatic heterocycles. The van der Waals surface area contributed by atoms with Crippen molar-refractivity contribution in [2.75, 3.05) is 13.1 Å². The van der Waals surface area contributed by atoms with Crippen molar-refractivity contribution in [3.8, 4) is 0 Å². The molecule has 1 aromatic rings. The van der Waals surface area contributed by atoms with Gasteiger partial charge in [-0.2, -0.15) is 0 Å². The van der Waals surface area contributed by atoms with Gasteiger partial charge in [0.1, 0.15) is 0 Å². The molecule has 0 spiro atoms. The van der Waals surface area contributed by atoms with Crippen LogP contribution in [0.4, 0.5) is 0 Å². The van der Waals surface area contributed by atoms with Gasteiger partial charge in [-0.05, 0) is 36.3 Å². The van der Waals surface area contributed by atoms with Crippen molar-refractivity contribution in [3.63, 3.8) is 0 Å². The van der Waals surface area contributed by atoms with E-state index in [9.17, 15) is 14.7 Å². The number of likely N-dealkylation sites (tertiary alicyclic amines) is 1. The molecule has 0 aliphatic carbocycles. The molecule has 1 aliphatic rings. The highest BCUT2D eigenvalue weighted by atomic mass is 16.4. The molecule has 1 amide bonds. The monoisotopic (exact) mass is 303 g/mol. The number of carbonyl (C=O) groups is 2. The summed E-state index contributed by atoms with van der Waals surface area (Å²) < 4.78 is 0. The standard InChI is InChI=1S/C18H25NO3/c1-12-8-15(18(21)22)11-19(10-12)17(20)9-14(3)16-7-5-4-6-13(16)2/h4-7,12,14-15H,8-11H2,1-3H3,(H,21,22). The summed E-state index contributed by atoms with van der Waals surface area (Å²) in [4.78, 5) is 25.5. The van der Waals surface area contributed by atoms with E-state index in [2.05, 4.69) is 26.0 Å². The second kappa shape index (κ2) is 6.95. The quantitative estimate of drug-likeness (QED) is 0.930. The molecular weight excluding hydrogens is 278 g/mol. The summed E-state index contributed by atoms with van der Waals surface area (Å²) in [7, 11) is 0. The van der Waals surface area contributed by atoms with Gasteiger partial charge < -0.3 is 10.0 Å². The molecule has 0 radical (unpaired) electrons. The maximum Gasteiger partial charge on any atom is 0.308 e. The minimum atomic E-state index is -0.795. The topological polar surface area (TPSA) is 57.6 Å². The molecular formula is C18H25NO3. The fourth-order valence-electron chi connectivity index (χ4n) is 3.37. The summed E-state index contributed by atoms with van der Waals surface area (Å²) in [6.07, 6.45) is 1.09. The van der Waals surface area contributed by atoms with Crippen molar-refractivity contribution in [2.24, 2.45) is 11.8 Å². The van der Waals surface area contributed by atoms with E-state index < -0.39 is 11.9 Å². The SMILES string of the molecule is Cc1ccccc1C(C)CC(=O)N1CC(C)CC(C(=O)O)C1. The van der Waals surface area contributed by atoms with Crippen molar-refractivity contribution in [3.05, 3.63) is 35.4 Å². The summed E-state index contributed by atoms with van der Waals surface area (Å²) in [6.45, 7) is 7.14. The van der Waals surface area contributed by atoms with Gasteiger partial charge in [-0.25, -0.2) is 0 Å². The van der Waals surface area contributed by atoms with E-state index in [0.717, 1.165) is 0 Å². The van der Waals surface area contributed by atoms with Crippen LogP contribution in [0.2, 0.25) is 0 Å². The number of piperidine rings is 1. The number of carbonyl (C=O) groups excluding carboxylic acids is 1. The average Bonchev–Trinajstić information content (AvgIpc) is 2.46. The maximum atomic E-state index is 12.5. The van der Waals surface area contributed by atoms with Gasteiger partial charge in [0, 0.05) is 19.5 Å². The predicted molar refractivity (Wildman–Crippen MR) is 85.7 cm³/mol. The van der Waals surface area contributed by atoms with Gasteiger partial charge in [-0.3, -0.25) is 9.59 Å². The number of hydrogen-bond acceptors (Lipinski definition) is 2. The zero-order valence-electron chi connectivity index (χ0n) is 13.6. The van der Waals surface area contributed by atoms with Crippen LogP contribution < -0.4 is 0 Å². The highest BCUT2D eigenvalue weighted by Crippen LogP contribution is 2.26. The van der Waals surface area contributed by atoms with E-state index >= 15 is 0 Å². The predicted octanol–water partition coefficient (Wildman–Crippen LogP) is 3.06. The third kappa shape index (κ3) is 3.87. The van der Waals surface area contributed by atoms with E-state index in [0.29, 0.717) is 25.9 Å². The summed E-state index contributed by atoms with van der Waals surface area (Å²) in [5.74, 6) is -0.770. The molecule has 2 rings (SSSR count). The molecule has 4 nitrogen and oxygen atoms in total. The van der Waals surface area contributed by atoms with Crippen LogP contribution in [0.25, 0.3) is 0 Å². The first kappa shape index (κ1) is 16.5. The normalized spacial score (nSPS) is 23.1. The van der Waals surface area contributed by atoms with Crippen molar-refractivity contribution >= 4 is 11.9 Å². The van der Waals surface area contributed by atoms with Gasteiger partial charge in [-0.1, -0.05) is 38.1 Å². The molecule has 3 atom stereocenters. The van der Waals surface area contributed by atoms with Gasteiger partial charge >= 0.3 is 5.97 Å². The fourth-order valence-corrected chi connectivity index (χ4v) is 3.37. The first-order valence-electron chi connectivity index (χ1n) is 7.94. The Morgan fingerprint density at radius 1 is 1.32 bits per heavy atom. The number of nitrogens with zero attached hydrogens (tertiary/aromatic N) is 1. The Morgan fingerprint density at radius 2 is 2.00 bits per heavy atom. The smallest absolute Gasteiger partial charge is 0.308 e. The second-order valence-electron chi connectivity index (χ2n) is 6.64. The Labute approximate surface area is 132 Å². The Hall–Kier alpha value is -1.84. The Kier molecular flexibility index (Phi) is 5.22. The summed E-state index contributed by atoms with van der Waals surface area (Å²) >= 11 is 0. The van der Waals surface area contributed by atoms with Gasteiger partial charge in [-0.15, -0.1) is 0 Å².